The second kappa shape index (κ2) is 7.16. The van der Waals surface area contributed by atoms with E-state index in [-0.39, 0.29) is 17.9 Å². The molecular weight excluding hydrogens is 290 g/mol. The highest BCUT2D eigenvalue weighted by Crippen LogP contribution is 2.28. The Labute approximate surface area is 139 Å². The summed E-state index contributed by atoms with van der Waals surface area (Å²) in [7, 11) is 1.34. The quantitative estimate of drug-likeness (QED) is 0.798. The van der Waals surface area contributed by atoms with Crippen LogP contribution < -0.4 is 0 Å². The normalized spacial score (nSPS) is 12.0. The number of esters is 1. The monoisotopic (exact) mass is 319 g/mol. The van der Waals surface area contributed by atoms with Crippen LogP contribution in [0.3, 0.4) is 0 Å². The van der Waals surface area contributed by atoms with Crippen LogP contribution in [0, 0.1) is 5.41 Å². The van der Waals surface area contributed by atoms with E-state index in [1.165, 1.54) is 12.7 Å². The standard InChI is InChI=1S/C19H29NO3/c1-18(2,3)15-11-9-8-10-14(15)12-20(13-16(21)23-7)17(22)19(4,5)6/h8-11H,12-13H2,1-7H3. The minimum absolute atomic E-state index is 0.0295. The minimum atomic E-state index is -0.551. The van der Waals surface area contributed by atoms with Crippen LogP contribution in [0.2, 0.25) is 0 Å². The summed E-state index contributed by atoms with van der Waals surface area (Å²) in [6.07, 6.45) is 0. The molecule has 0 N–H and O–H groups in total. The molecule has 0 aromatic heterocycles. The van der Waals surface area contributed by atoms with Crippen molar-refractivity contribution >= 4 is 11.9 Å². The first-order chi connectivity index (χ1) is 10.5. The molecule has 0 aliphatic heterocycles. The van der Waals surface area contributed by atoms with Gasteiger partial charge in [0.2, 0.25) is 5.91 Å². The van der Waals surface area contributed by atoms with E-state index >= 15 is 0 Å². The number of methoxy groups -OCH3 is 1. The molecule has 0 bridgehead atoms. The van der Waals surface area contributed by atoms with Gasteiger partial charge in [0.05, 0.1) is 7.11 Å². The molecule has 0 saturated heterocycles. The molecule has 23 heavy (non-hydrogen) atoms. The fraction of sp³-hybridized carbons (Fsp3) is 0.579. The zero-order valence-corrected chi connectivity index (χ0v) is 15.4. The van der Waals surface area contributed by atoms with Crippen molar-refractivity contribution in [2.24, 2.45) is 5.41 Å². The van der Waals surface area contributed by atoms with Crippen LogP contribution in [-0.2, 0) is 26.3 Å². The van der Waals surface area contributed by atoms with Gasteiger partial charge in [-0.3, -0.25) is 9.59 Å². The van der Waals surface area contributed by atoms with E-state index in [4.69, 9.17) is 4.74 Å². The van der Waals surface area contributed by atoms with Gasteiger partial charge in [0.1, 0.15) is 6.54 Å². The van der Waals surface area contributed by atoms with E-state index in [0.717, 1.165) is 5.56 Å². The predicted octanol–water partition coefficient (Wildman–Crippen LogP) is 3.53. The molecule has 0 aliphatic rings. The van der Waals surface area contributed by atoms with Crippen LogP contribution in [0.5, 0.6) is 0 Å². The summed E-state index contributed by atoms with van der Waals surface area (Å²) in [6, 6.07) is 8.05. The largest absolute Gasteiger partial charge is 0.468 e. The lowest BCUT2D eigenvalue weighted by atomic mass is 9.83. The molecule has 0 atom stereocenters. The van der Waals surface area contributed by atoms with Crippen LogP contribution in [0.4, 0.5) is 0 Å². The van der Waals surface area contributed by atoms with Crippen molar-refractivity contribution in [2.45, 2.75) is 53.5 Å². The molecule has 0 saturated carbocycles. The van der Waals surface area contributed by atoms with Gasteiger partial charge in [-0.15, -0.1) is 0 Å². The lowest BCUT2D eigenvalue weighted by Crippen LogP contribution is -2.42. The first-order valence-corrected chi connectivity index (χ1v) is 7.91. The first kappa shape index (κ1) is 19.2. The number of nitrogens with zero attached hydrogens (tertiary/aromatic N) is 1. The highest BCUT2D eigenvalue weighted by atomic mass is 16.5. The van der Waals surface area contributed by atoms with Crippen LogP contribution >= 0.6 is 0 Å². The summed E-state index contributed by atoms with van der Waals surface area (Å²) in [5.74, 6) is -0.470. The Hall–Kier alpha value is -1.84. The molecule has 1 rings (SSSR count). The number of carbonyl (C=O) groups is 2. The van der Waals surface area contributed by atoms with Gasteiger partial charge in [-0.1, -0.05) is 65.8 Å². The van der Waals surface area contributed by atoms with Crippen molar-refractivity contribution in [2.75, 3.05) is 13.7 Å². The average molecular weight is 319 g/mol. The summed E-state index contributed by atoms with van der Waals surface area (Å²) in [5, 5.41) is 0. The number of ether oxygens (including phenoxy) is 1. The molecule has 128 valence electrons. The predicted molar refractivity (Wildman–Crippen MR) is 92.0 cm³/mol. The Balaban J connectivity index is 3.16. The Morgan fingerprint density at radius 1 is 1.04 bits per heavy atom. The number of hydrogen-bond acceptors (Lipinski definition) is 3. The zero-order chi connectivity index (χ0) is 17.8. The summed E-state index contributed by atoms with van der Waals surface area (Å²) in [6.45, 7) is 12.4. The number of rotatable bonds is 4. The molecule has 1 aromatic rings. The van der Waals surface area contributed by atoms with Crippen LogP contribution in [0.1, 0.15) is 52.7 Å². The zero-order valence-electron chi connectivity index (χ0n) is 15.4. The van der Waals surface area contributed by atoms with Gasteiger partial charge in [-0.25, -0.2) is 0 Å². The Kier molecular flexibility index (Phi) is 5.98. The van der Waals surface area contributed by atoms with Gasteiger partial charge in [0.15, 0.2) is 0 Å². The van der Waals surface area contributed by atoms with Crippen molar-refractivity contribution in [3.05, 3.63) is 35.4 Å². The maximum absolute atomic E-state index is 12.7. The SMILES string of the molecule is COC(=O)CN(Cc1ccccc1C(C)(C)C)C(=O)C(C)(C)C. The van der Waals surface area contributed by atoms with Crippen molar-refractivity contribution in [1.82, 2.24) is 4.90 Å². The van der Waals surface area contributed by atoms with Crippen LogP contribution in [-0.4, -0.2) is 30.4 Å². The third kappa shape index (κ3) is 5.38. The lowest BCUT2D eigenvalue weighted by molar-refractivity contribution is -0.150. The third-order valence-corrected chi connectivity index (χ3v) is 3.66. The van der Waals surface area contributed by atoms with Gasteiger partial charge in [-0.2, -0.15) is 0 Å². The first-order valence-electron chi connectivity index (χ1n) is 7.91. The van der Waals surface area contributed by atoms with Gasteiger partial charge < -0.3 is 9.64 Å². The van der Waals surface area contributed by atoms with E-state index in [9.17, 15) is 9.59 Å². The summed E-state index contributed by atoms with van der Waals surface area (Å²) >= 11 is 0. The topological polar surface area (TPSA) is 46.6 Å². The van der Waals surface area contributed by atoms with Gasteiger partial charge >= 0.3 is 5.97 Å². The summed E-state index contributed by atoms with van der Waals surface area (Å²) in [4.78, 5) is 26.0. The maximum Gasteiger partial charge on any atom is 0.325 e. The van der Waals surface area contributed by atoms with Crippen LogP contribution in [0.25, 0.3) is 0 Å². The second-order valence-corrected chi connectivity index (χ2v) is 7.89. The third-order valence-electron chi connectivity index (χ3n) is 3.66. The van der Waals surface area contributed by atoms with Crippen molar-refractivity contribution in [3.8, 4) is 0 Å². The van der Waals surface area contributed by atoms with Crippen LogP contribution in [0.15, 0.2) is 24.3 Å². The molecule has 0 radical (unpaired) electrons. The van der Waals surface area contributed by atoms with E-state index < -0.39 is 11.4 Å². The molecule has 0 unspecified atom stereocenters. The Bertz CT molecular complexity index is 565. The summed E-state index contributed by atoms with van der Waals surface area (Å²) in [5.41, 5.74) is 1.65. The van der Waals surface area contributed by atoms with Gasteiger partial charge in [-0.05, 0) is 16.5 Å². The number of hydrogen-bond donors (Lipinski definition) is 0. The Morgan fingerprint density at radius 3 is 2.09 bits per heavy atom. The number of carbonyl (C=O) groups excluding carboxylic acids is 2. The smallest absolute Gasteiger partial charge is 0.325 e. The van der Waals surface area contributed by atoms with E-state index in [2.05, 4.69) is 26.8 Å². The van der Waals surface area contributed by atoms with E-state index in [1.807, 2.05) is 39.0 Å². The maximum atomic E-state index is 12.7. The molecule has 4 heteroatoms. The molecule has 1 aromatic carbocycles. The van der Waals surface area contributed by atoms with Gasteiger partial charge in [0, 0.05) is 12.0 Å². The van der Waals surface area contributed by atoms with Crippen molar-refractivity contribution in [3.63, 3.8) is 0 Å². The molecular formula is C19H29NO3. The lowest BCUT2D eigenvalue weighted by Gasteiger charge is -2.31. The number of amides is 1. The molecule has 0 fully saturated rings. The highest BCUT2D eigenvalue weighted by Gasteiger charge is 2.30. The average Bonchev–Trinajstić information content (AvgIpc) is 2.44. The Morgan fingerprint density at radius 2 is 1.61 bits per heavy atom. The van der Waals surface area contributed by atoms with E-state index in [0.29, 0.717) is 6.54 Å². The number of benzene rings is 1. The molecule has 0 spiro atoms. The fourth-order valence-electron chi connectivity index (χ4n) is 2.49. The van der Waals surface area contributed by atoms with Gasteiger partial charge in [0.25, 0.3) is 0 Å². The minimum Gasteiger partial charge on any atom is -0.468 e. The summed E-state index contributed by atoms with van der Waals surface area (Å²) < 4.78 is 4.75. The highest BCUT2D eigenvalue weighted by molar-refractivity contribution is 5.85. The molecule has 0 aliphatic carbocycles. The van der Waals surface area contributed by atoms with Crippen molar-refractivity contribution < 1.29 is 14.3 Å². The molecule has 4 nitrogen and oxygen atoms in total. The molecule has 0 heterocycles. The molecule has 1 amide bonds. The second-order valence-electron chi connectivity index (χ2n) is 7.89. The van der Waals surface area contributed by atoms with Crippen molar-refractivity contribution in [1.29, 1.82) is 0 Å². The fourth-order valence-corrected chi connectivity index (χ4v) is 2.49. The van der Waals surface area contributed by atoms with E-state index in [1.54, 1.807) is 4.90 Å².